The van der Waals surface area contributed by atoms with E-state index in [1.165, 1.54) is 0 Å². The lowest BCUT2D eigenvalue weighted by atomic mass is 9.79. The van der Waals surface area contributed by atoms with Crippen molar-refractivity contribution in [3.05, 3.63) is 35.7 Å². The van der Waals surface area contributed by atoms with Gasteiger partial charge in [-0.15, -0.1) is 0 Å². The van der Waals surface area contributed by atoms with Gasteiger partial charge in [0.1, 0.15) is 12.0 Å². The van der Waals surface area contributed by atoms with Gasteiger partial charge in [0.25, 0.3) is 0 Å². The lowest BCUT2D eigenvalue weighted by molar-refractivity contribution is -0.111. The molecule has 0 saturated carbocycles. The van der Waals surface area contributed by atoms with Gasteiger partial charge in [0.2, 0.25) is 0 Å². The molecule has 1 atom stereocenters. The number of carbonyl (C=O) groups is 1. The predicted molar refractivity (Wildman–Crippen MR) is 60.2 cm³/mol. The van der Waals surface area contributed by atoms with Crippen LogP contribution in [0, 0.1) is 6.92 Å². The highest BCUT2D eigenvalue weighted by atomic mass is 16.3. The number of aldehydes is 1. The van der Waals surface area contributed by atoms with Gasteiger partial charge in [-0.25, -0.2) is 0 Å². The zero-order valence-electron chi connectivity index (χ0n) is 9.34. The van der Waals surface area contributed by atoms with Gasteiger partial charge in [-0.3, -0.25) is 4.68 Å². The van der Waals surface area contributed by atoms with Crippen LogP contribution in [0.4, 0.5) is 0 Å². The number of hydrogen-bond donors (Lipinski definition) is 1. The standard InChI is InChI=1S/C12H14N2O2/c1-9-10(16)11(14(2)13-9)12(8-15)6-4-3-5-7-12/h3-6,8,16H,7H2,1-2H3. The van der Waals surface area contributed by atoms with Crippen molar-refractivity contribution in [1.29, 1.82) is 0 Å². The first-order valence-corrected chi connectivity index (χ1v) is 5.14. The summed E-state index contributed by atoms with van der Waals surface area (Å²) in [6.45, 7) is 1.72. The minimum Gasteiger partial charge on any atom is -0.504 e. The summed E-state index contributed by atoms with van der Waals surface area (Å²) in [6, 6.07) is 0. The van der Waals surface area contributed by atoms with Crippen molar-refractivity contribution in [2.45, 2.75) is 18.8 Å². The molecule has 16 heavy (non-hydrogen) atoms. The second-order valence-electron chi connectivity index (χ2n) is 4.06. The van der Waals surface area contributed by atoms with Crippen LogP contribution in [0.2, 0.25) is 0 Å². The van der Waals surface area contributed by atoms with Crippen LogP contribution in [0.15, 0.2) is 24.3 Å². The van der Waals surface area contributed by atoms with Crippen LogP contribution in [0.1, 0.15) is 17.8 Å². The fraction of sp³-hybridized carbons (Fsp3) is 0.333. The fourth-order valence-corrected chi connectivity index (χ4v) is 2.12. The van der Waals surface area contributed by atoms with Gasteiger partial charge in [-0.05, 0) is 13.3 Å². The molecule has 0 fully saturated rings. The Hall–Kier alpha value is -1.84. The van der Waals surface area contributed by atoms with E-state index in [2.05, 4.69) is 5.10 Å². The van der Waals surface area contributed by atoms with E-state index in [-0.39, 0.29) is 5.75 Å². The molecule has 2 rings (SSSR count). The molecule has 4 heteroatoms. The maximum atomic E-state index is 11.4. The highest BCUT2D eigenvalue weighted by Gasteiger charge is 2.35. The zero-order chi connectivity index (χ0) is 11.8. The molecule has 1 heterocycles. The van der Waals surface area contributed by atoms with E-state index in [1.54, 1.807) is 24.7 Å². The Morgan fingerprint density at radius 1 is 1.56 bits per heavy atom. The summed E-state index contributed by atoms with van der Waals surface area (Å²) in [7, 11) is 1.74. The molecule has 1 aromatic heterocycles. The zero-order valence-corrected chi connectivity index (χ0v) is 9.34. The molecule has 0 spiro atoms. The minimum atomic E-state index is -0.783. The van der Waals surface area contributed by atoms with Crippen LogP contribution in [0.3, 0.4) is 0 Å². The summed E-state index contributed by atoms with van der Waals surface area (Å²) in [6.07, 6.45) is 8.84. The van der Waals surface area contributed by atoms with Gasteiger partial charge in [0.15, 0.2) is 5.75 Å². The van der Waals surface area contributed by atoms with Crippen LogP contribution < -0.4 is 0 Å². The van der Waals surface area contributed by atoms with E-state index < -0.39 is 5.41 Å². The number of aromatic nitrogens is 2. The third kappa shape index (κ3) is 1.38. The average molecular weight is 218 g/mol. The van der Waals surface area contributed by atoms with Gasteiger partial charge in [0, 0.05) is 7.05 Å². The number of aryl methyl sites for hydroxylation is 2. The van der Waals surface area contributed by atoms with E-state index >= 15 is 0 Å². The Balaban J connectivity index is 2.61. The van der Waals surface area contributed by atoms with Crippen molar-refractivity contribution < 1.29 is 9.90 Å². The van der Waals surface area contributed by atoms with Gasteiger partial charge < -0.3 is 9.90 Å². The third-order valence-electron chi connectivity index (χ3n) is 2.94. The molecule has 0 saturated heterocycles. The Morgan fingerprint density at radius 3 is 2.75 bits per heavy atom. The number of allylic oxidation sites excluding steroid dienone is 4. The molecule has 1 aromatic rings. The number of hydrogen-bond acceptors (Lipinski definition) is 3. The molecule has 1 unspecified atom stereocenters. The SMILES string of the molecule is Cc1nn(C)c(C2(C=O)C=CC=CC2)c1O. The summed E-state index contributed by atoms with van der Waals surface area (Å²) >= 11 is 0. The first kappa shape index (κ1) is 10.7. The second kappa shape index (κ2) is 3.63. The monoisotopic (exact) mass is 218 g/mol. The average Bonchev–Trinajstić information content (AvgIpc) is 2.54. The van der Waals surface area contributed by atoms with Gasteiger partial charge in [-0.2, -0.15) is 5.10 Å². The summed E-state index contributed by atoms with van der Waals surface area (Å²) < 4.78 is 1.57. The normalized spacial score (nSPS) is 23.6. The van der Waals surface area contributed by atoms with E-state index in [0.29, 0.717) is 17.8 Å². The third-order valence-corrected chi connectivity index (χ3v) is 2.94. The van der Waals surface area contributed by atoms with Crippen molar-refractivity contribution in [2.75, 3.05) is 0 Å². The highest BCUT2D eigenvalue weighted by Crippen LogP contribution is 2.37. The Labute approximate surface area is 93.9 Å². The molecule has 1 aliphatic carbocycles. The van der Waals surface area contributed by atoms with Crippen molar-refractivity contribution in [2.24, 2.45) is 7.05 Å². The molecule has 0 aromatic carbocycles. The minimum absolute atomic E-state index is 0.106. The second-order valence-corrected chi connectivity index (χ2v) is 4.06. The smallest absolute Gasteiger partial charge is 0.161 e. The molecule has 0 radical (unpaired) electrons. The van der Waals surface area contributed by atoms with Crippen molar-refractivity contribution in [3.63, 3.8) is 0 Å². The molecular formula is C12H14N2O2. The molecule has 0 aliphatic heterocycles. The highest BCUT2D eigenvalue weighted by molar-refractivity contribution is 5.74. The molecular weight excluding hydrogens is 204 g/mol. The maximum absolute atomic E-state index is 11.4. The molecule has 1 N–H and O–H groups in total. The maximum Gasteiger partial charge on any atom is 0.161 e. The largest absolute Gasteiger partial charge is 0.504 e. The summed E-state index contributed by atoms with van der Waals surface area (Å²) in [5, 5.41) is 14.1. The quantitative estimate of drug-likeness (QED) is 0.763. The van der Waals surface area contributed by atoms with E-state index in [1.807, 2.05) is 18.2 Å². The van der Waals surface area contributed by atoms with Crippen LogP contribution in [-0.2, 0) is 17.3 Å². The molecule has 0 bridgehead atoms. The molecule has 84 valence electrons. The lowest BCUT2D eigenvalue weighted by Gasteiger charge is -2.25. The number of aromatic hydroxyl groups is 1. The van der Waals surface area contributed by atoms with Crippen LogP contribution in [0.25, 0.3) is 0 Å². The van der Waals surface area contributed by atoms with Crippen LogP contribution in [0.5, 0.6) is 5.75 Å². The van der Waals surface area contributed by atoms with E-state index in [9.17, 15) is 9.90 Å². The first-order valence-electron chi connectivity index (χ1n) is 5.14. The predicted octanol–water partition coefficient (Wildman–Crippen LogP) is 1.39. The molecule has 4 nitrogen and oxygen atoms in total. The number of rotatable bonds is 2. The van der Waals surface area contributed by atoms with Gasteiger partial charge >= 0.3 is 0 Å². The van der Waals surface area contributed by atoms with E-state index in [4.69, 9.17) is 0 Å². The first-order chi connectivity index (χ1) is 7.60. The lowest BCUT2D eigenvalue weighted by Crippen LogP contribution is -2.29. The number of carbonyl (C=O) groups excluding carboxylic acids is 1. The van der Waals surface area contributed by atoms with Crippen LogP contribution >= 0.6 is 0 Å². The van der Waals surface area contributed by atoms with Crippen molar-refractivity contribution in [1.82, 2.24) is 9.78 Å². The van der Waals surface area contributed by atoms with Crippen LogP contribution in [-0.4, -0.2) is 21.2 Å². The topological polar surface area (TPSA) is 55.1 Å². The fourth-order valence-electron chi connectivity index (χ4n) is 2.12. The number of nitrogens with zero attached hydrogens (tertiary/aromatic N) is 2. The van der Waals surface area contributed by atoms with Gasteiger partial charge in [0.05, 0.1) is 11.1 Å². The summed E-state index contributed by atoms with van der Waals surface area (Å²) in [5.41, 5.74) is 0.316. The molecule has 0 amide bonds. The Kier molecular flexibility index (Phi) is 2.42. The summed E-state index contributed by atoms with van der Waals surface area (Å²) in [5.74, 6) is 0.106. The van der Waals surface area contributed by atoms with Crippen molar-refractivity contribution >= 4 is 6.29 Å². The van der Waals surface area contributed by atoms with E-state index in [0.717, 1.165) is 6.29 Å². The van der Waals surface area contributed by atoms with Gasteiger partial charge in [-0.1, -0.05) is 24.3 Å². The summed E-state index contributed by atoms with van der Waals surface area (Å²) in [4.78, 5) is 11.4. The molecule has 1 aliphatic rings. The Morgan fingerprint density at radius 2 is 2.31 bits per heavy atom. The Bertz CT molecular complexity index is 485. The van der Waals surface area contributed by atoms with Crippen molar-refractivity contribution in [3.8, 4) is 5.75 Å².